The number of carbonyl (C=O) groups is 2. The molecule has 0 aliphatic rings. The summed E-state index contributed by atoms with van der Waals surface area (Å²) in [6.45, 7) is 4.05. The van der Waals surface area contributed by atoms with Gasteiger partial charge in [0.05, 0.1) is 6.61 Å². The van der Waals surface area contributed by atoms with E-state index >= 15 is 0 Å². The van der Waals surface area contributed by atoms with Crippen LogP contribution in [0, 0.1) is 0 Å². The molecule has 5 heteroatoms. The quantitative estimate of drug-likeness (QED) is 0.0374. The number of ether oxygens (including phenoxy) is 2. The van der Waals surface area contributed by atoms with Crippen molar-refractivity contribution in [3.05, 3.63) is 60.8 Å². The highest BCUT2D eigenvalue weighted by Gasteiger charge is 2.16. The molecular formula is C59H106O5. The van der Waals surface area contributed by atoms with Crippen LogP contribution in [0.5, 0.6) is 0 Å². The van der Waals surface area contributed by atoms with E-state index in [-0.39, 0.29) is 25.2 Å². The van der Waals surface area contributed by atoms with Crippen LogP contribution < -0.4 is 0 Å². The van der Waals surface area contributed by atoms with Gasteiger partial charge in [-0.05, 0) is 77.0 Å². The van der Waals surface area contributed by atoms with Crippen LogP contribution in [0.3, 0.4) is 0 Å². The van der Waals surface area contributed by atoms with E-state index in [2.05, 4.69) is 74.6 Å². The predicted molar refractivity (Wildman–Crippen MR) is 279 cm³/mol. The lowest BCUT2D eigenvalue weighted by atomic mass is 10.0. The van der Waals surface area contributed by atoms with Gasteiger partial charge < -0.3 is 14.6 Å². The Labute approximate surface area is 398 Å². The molecule has 0 heterocycles. The number of aliphatic hydroxyl groups excluding tert-OH is 1. The minimum Gasteiger partial charge on any atom is -0.462 e. The highest BCUT2D eigenvalue weighted by Crippen LogP contribution is 2.16. The molecular weight excluding hydrogens is 789 g/mol. The predicted octanol–water partition coefficient (Wildman–Crippen LogP) is 18.6. The average molecular weight is 895 g/mol. The standard InChI is InChI=1S/C59H106O5/c1-3-5-7-9-11-13-15-17-19-21-23-24-25-26-27-28-29-30-31-32-33-34-36-38-40-42-44-46-48-50-52-54-59(62)64-57(55-60)56-63-58(61)53-51-49-47-45-43-41-39-37-35-22-20-18-16-14-12-10-8-6-4-2/h5,7,11,13,17-20,23-24,57,60H,3-4,6,8-10,12,14-16,21-22,25-56H2,1-2H3/b7-5-,13-11-,19-17-,20-18-,24-23-. The van der Waals surface area contributed by atoms with Crippen LogP contribution >= 0.6 is 0 Å². The third kappa shape index (κ3) is 52.2. The Morgan fingerprint density at radius 2 is 0.672 bits per heavy atom. The number of carbonyl (C=O) groups excluding carboxylic acids is 2. The van der Waals surface area contributed by atoms with Gasteiger partial charge in [-0.3, -0.25) is 9.59 Å². The molecule has 1 atom stereocenters. The van der Waals surface area contributed by atoms with Crippen LogP contribution in [0.2, 0.25) is 0 Å². The molecule has 0 radical (unpaired) electrons. The molecule has 372 valence electrons. The maximum absolute atomic E-state index is 12.3. The molecule has 0 saturated heterocycles. The first kappa shape index (κ1) is 61.6. The molecule has 0 aliphatic heterocycles. The maximum Gasteiger partial charge on any atom is 0.306 e. The van der Waals surface area contributed by atoms with Gasteiger partial charge in [-0.25, -0.2) is 0 Å². The number of unbranched alkanes of at least 4 members (excludes halogenated alkanes) is 33. The van der Waals surface area contributed by atoms with E-state index in [1.165, 1.54) is 193 Å². The molecule has 0 rings (SSSR count). The lowest BCUT2D eigenvalue weighted by molar-refractivity contribution is -0.161. The third-order valence-corrected chi connectivity index (χ3v) is 12.3. The van der Waals surface area contributed by atoms with Gasteiger partial charge in [0.25, 0.3) is 0 Å². The number of allylic oxidation sites excluding steroid dienone is 10. The fourth-order valence-corrected chi connectivity index (χ4v) is 8.13. The van der Waals surface area contributed by atoms with Gasteiger partial charge in [-0.15, -0.1) is 0 Å². The first-order chi connectivity index (χ1) is 31.6. The molecule has 0 aromatic heterocycles. The van der Waals surface area contributed by atoms with Crippen LogP contribution in [0.25, 0.3) is 0 Å². The molecule has 0 amide bonds. The van der Waals surface area contributed by atoms with Crippen molar-refractivity contribution in [3.8, 4) is 0 Å². The SMILES string of the molecule is CC/C=C\C/C=C\C/C=C\C/C=C\CCCCCCCCCCCCCCCCCCCCC(=O)OC(CO)COC(=O)CCCCCCCCCCC/C=C\CCCCCCCC. The second kappa shape index (κ2) is 54.9. The first-order valence-corrected chi connectivity index (χ1v) is 27.8. The molecule has 1 N–H and O–H groups in total. The van der Waals surface area contributed by atoms with Crippen molar-refractivity contribution < 1.29 is 24.2 Å². The van der Waals surface area contributed by atoms with Gasteiger partial charge in [0.2, 0.25) is 0 Å². The molecule has 0 spiro atoms. The maximum atomic E-state index is 12.3. The zero-order chi connectivity index (χ0) is 46.3. The van der Waals surface area contributed by atoms with Crippen molar-refractivity contribution in [1.82, 2.24) is 0 Å². The summed E-state index contributed by atoms with van der Waals surface area (Å²) in [6.07, 6.45) is 73.4. The molecule has 64 heavy (non-hydrogen) atoms. The molecule has 0 saturated carbocycles. The zero-order valence-electron chi connectivity index (χ0n) is 42.5. The lowest BCUT2D eigenvalue weighted by Crippen LogP contribution is -2.28. The van der Waals surface area contributed by atoms with Crippen molar-refractivity contribution in [1.29, 1.82) is 0 Å². The largest absolute Gasteiger partial charge is 0.462 e. The monoisotopic (exact) mass is 895 g/mol. The number of aliphatic hydroxyl groups is 1. The molecule has 0 fully saturated rings. The van der Waals surface area contributed by atoms with Crippen molar-refractivity contribution in [3.63, 3.8) is 0 Å². The topological polar surface area (TPSA) is 72.8 Å². The fourth-order valence-electron chi connectivity index (χ4n) is 8.13. The summed E-state index contributed by atoms with van der Waals surface area (Å²) in [7, 11) is 0. The normalized spacial score (nSPS) is 12.6. The van der Waals surface area contributed by atoms with E-state index in [9.17, 15) is 14.7 Å². The molecule has 5 nitrogen and oxygen atoms in total. The smallest absolute Gasteiger partial charge is 0.306 e. The van der Waals surface area contributed by atoms with Gasteiger partial charge in [0.1, 0.15) is 6.61 Å². The Kier molecular flexibility index (Phi) is 52.9. The highest BCUT2D eigenvalue weighted by atomic mass is 16.6. The number of rotatable bonds is 51. The molecule has 0 aromatic carbocycles. The van der Waals surface area contributed by atoms with Crippen LogP contribution in [0.1, 0.15) is 284 Å². The summed E-state index contributed by atoms with van der Waals surface area (Å²) in [6, 6.07) is 0. The van der Waals surface area contributed by atoms with Crippen LogP contribution in [-0.4, -0.2) is 36.4 Å². The second-order valence-electron chi connectivity index (χ2n) is 18.6. The van der Waals surface area contributed by atoms with E-state index in [4.69, 9.17) is 9.47 Å². The first-order valence-electron chi connectivity index (χ1n) is 27.8. The fraction of sp³-hybridized carbons (Fsp3) is 0.797. The van der Waals surface area contributed by atoms with Crippen molar-refractivity contribution in [2.45, 2.75) is 290 Å². The van der Waals surface area contributed by atoms with E-state index in [0.717, 1.165) is 64.2 Å². The van der Waals surface area contributed by atoms with Crippen LogP contribution in [-0.2, 0) is 19.1 Å². The van der Waals surface area contributed by atoms with Gasteiger partial charge in [0.15, 0.2) is 6.10 Å². The Morgan fingerprint density at radius 1 is 0.375 bits per heavy atom. The summed E-state index contributed by atoms with van der Waals surface area (Å²) in [5.74, 6) is -0.581. The van der Waals surface area contributed by atoms with Crippen molar-refractivity contribution in [2.75, 3.05) is 13.2 Å². The van der Waals surface area contributed by atoms with E-state index in [0.29, 0.717) is 12.8 Å². The third-order valence-electron chi connectivity index (χ3n) is 12.3. The number of esters is 2. The summed E-state index contributed by atoms with van der Waals surface area (Å²) in [4.78, 5) is 24.5. The zero-order valence-corrected chi connectivity index (χ0v) is 42.5. The van der Waals surface area contributed by atoms with Crippen molar-refractivity contribution in [2.24, 2.45) is 0 Å². The lowest BCUT2D eigenvalue weighted by Gasteiger charge is -2.15. The Balaban J connectivity index is 3.45. The Hall–Kier alpha value is -2.40. The minimum absolute atomic E-state index is 0.0645. The Bertz CT molecular complexity index is 1100. The Morgan fingerprint density at radius 3 is 1.03 bits per heavy atom. The second-order valence-corrected chi connectivity index (χ2v) is 18.6. The van der Waals surface area contributed by atoms with Crippen molar-refractivity contribution >= 4 is 11.9 Å². The van der Waals surface area contributed by atoms with Gasteiger partial charge in [-0.2, -0.15) is 0 Å². The summed E-state index contributed by atoms with van der Waals surface area (Å²) < 4.78 is 10.7. The van der Waals surface area contributed by atoms with E-state index in [1.54, 1.807) is 0 Å². The van der Waals surface area contributed by atoms with E-state index < -0.39 is 6.10 Å². The summed E-state index contributed by atoms with van der Waals surface area (Å²) >= 11 is 0. The molecule has 0 aromatic rings. The van der Waals surface area contributed by atoms with E-state index in [1.807, 2.05) is 0 Å². The number of hydrogen-bond donors (Lipinski definition) is 1. The van der Waals surface area contributed by atoms with Crippen LogP contribution in [0.15, 0.2) is 60.8 Å². The highest BCUT2D eigenvalue weighted by molar-refractivity contribution is 5.70. The summed E-state index contributed by atoms with van der Waals surface area (Å²) in [5, 5.41) is 9.64. The summed E-state index contributed by atoms with van der Waals surface area (Å²) in [5.41, 5.74) is 0. The molecule has 1 unspecified atom stereocenters. The van der Waals surface area contributed by atoms with Gasteiger partial charge >= 0.3 is 11.9 Å². The van der Waals surface area contributed by atoms with Gasteiger partial charge in [-0.1, -0.05) is 254 Å². The average Bonchev–Trinajstić information content (AvgIpc) is 3.30. The number of hydrogen-bond acceptors (Lipinski definition) is 5. The molecule has 0 aliphatic carbocycles. The van der Waals surface area contributed by atoms with Crippen LogP contribution in [0.4, 0.5) is 0 Å². The minimum atomic E-state index is -0.773. The molecule has 0 bridgehead atoms. The van der Waals surface area contributed by atoms with Gasteiger partial charge in [0, 0.05) is 12.8 Å².